The zero-order chi connectivity index (χ0) is 13.2. The van der Waals surface area contributed by atoms with Crippen molar-refractivity contribution in [1.29, 1.82) is 0 Å². The van der Waals surface area contributed by atoms with Gasteiger partial charge in [0.05, 0.1) is 0 Å². The predicted molar refractivity (Wildman–Crippen MR) is 62.0 cm³/mol. The van der Waals surface area contributed by atoms with Crippen LogP contribution in [0.15, 0.2) is 29.0 Å². The molecule has 0 radical (unpaired) electrons. The fourth-order valence-electron chi connectivity index (χ4n) is 1.98. The zero-order valence-corrected chi connectivity index (χ0v) is 9.89. The fraction of sp³-hybridized carbons (Fsp3) is 0.333. The van der Waals surface area contributed by atoms with Crippen LogP contribution in [-0.2, 0) is 9.53 Å². The molecule has 1 fully saturated rings. The van der Waals surface area contributed by atoms with Gasteiger partial charge in [-0.2, -0.15) is 4.98 Å². The van der Waals surface area contributed by atoms with Gasteiger partial charge >= 0.3 is 5.97 Å². The van der Waals surface area contributed by atoms with E-state index >= 15 is 0 Å². The molecule has 0 spiro atoms. The van der Waals surface area contributed by atoms with E-state index in [2.05, 4.69) is 15.1 Å². The minimum absolute atomic E-state index is 0.308. The van der Waals surface area contributed by atoms with Crippen LogP contribution in [0.5, 0.6) is 0 Å². The molecule has 98 valence electrons. The van der Waals surface area contributed by atoms with E-state index in [4.69, 9.17) is 14.4 Å². The van der Waals surface area contributed by atoms with Crippen molar-refractivity contribution in [2.24, 2.45) is 0 Å². The summed E-state index contributed by atoms with van der Waals surface area (Å²) in [6.45, 7) is 0. The van der Waals surface area contributed by atoms with Crippen LogP contribution in [0.4, 0.5) is 0 Å². The fourth-order valence-corrected chi connectivity index (χ4v) is 1.98. The summed E-state index contributed by atoms with van der Waals surface area (Å²) in [6, 6.07) is 3.59. The van der Waals surface area contributed by atoms with Crippen molar-refractivity contribution in [1.82, 2.24) is 15.1 Å². The highest BCUT2D eigenvalue weighted by atomic mass is 16.5. The summed E-state index contributed by atoms with van der Waals surface area (Å²) in [7, 11) is 0. The van der Waals surface area contributed by atoms with E-state index in [1.807, 2.05) is 6.07 Å². The van der Waals surface area contributed by atoms with Crippen LogP contribution in [-0.4, -0.2) is 32.3 Å². The molecular formula is C12H11N3O4. The number of aromatic nitrogens is 3. The molecule has 19 heavy (non-hydrogen) atoms. The van der Waals surface area contributed by atoms with Gasteiger partial charge in [-0.3, -0.25) is 4.98 Å². The third kappa shape index (κ3) is 2.32. The third-order valence-electron chi connectivity index (χ3n) is 2.93. The highest BCUT2D eigenvalue weighted by Gasteiger charge is 2.34. The van der Waals surface area contributed by atoms with Gasteiger partial charge in [-0.05, 0) is 25.0 Å². The van der Waals surface area contributed by atoms with Gasteiger partial charge in [0.1, 0.15) is 6.10 Å². The topological polar surface area (TPSA) is 98.3 Å². The van der Waals surface area contributed by atoms with E-state index in [1.165, 1.54) is 0 Å². The molecule has 3 heterocycles. The van der Waals surface area contributed by atoms with Gasteiger partial charge in [0.15, 0.2) is 6.10 Å². The van der Waals surface area contributed by atoms with Gasteiger partial charge < -0.3 is 14.4 Å². The molecule has 1 aliphatic heterocycles. The van der Waals surface area contributed by atoms with Gasteiger partial charge in [-0.1, -0.05) is 5.16 Å². The Morgan fingerprint density at radius 1 is 1.42 bits per heavy atom. The van der Waals surface area contributed by atoms with Crippen molar-refractivity contribution in [3.05, 3.63) is 30.4 Å². The number of carbonyl (C=O) groups is 1. The van der Waals surface area contributed by atoms with Gasteiger partial charge in [-0.25, -0.2) is 4.79 Å². The molecule has 2 unspecified atom stereocenters. The minimum atomic E-state index is -0.963. The number of hydrogen-bond donors (Lipinski definition) is 1. The Balaban J connectivity index is 1.78. The molecule has 0 bridgehead atoms. The van der Waals surface area contributed by atoms with Gasteiger partial charge in [0.25, 0.3) is 5.89 Å². The Kier molecular flexibility index (Phi) is 2.96. The van der Waals surface area contributed by atoms with E-state index in [1.54, 1.807) is 18.5 Å². The maximum atomic E-state index is 10.8. The van der Waals surface area contributed by atoms with E-state index in [9.17, 15) is 4.79 Å². The average molecular weight is 261 g/mol. The second-order valence-corrected chi connectivity index (χ2v) is 4.23. The van der Waals surface area contributed by atoms with E-state index < -0.39 is 18.2 Å². The first-order chi connectivity index (χ1) is 9.24. The molecule has 1 saturated heterocycles. The van der Waals surface area contributed by atoms with Crippen LogP contribution in [0.1, 0.15) is 24.8 Å². The Bertz CT molecular complexity index is 584. The van der Waals surface area contributed by atoms with Crippen molar-refractivity contribution < 1.29 is 19.2 Å². The molecule has 0 aliphatic carbocycles. The molecule has 0 amide bonds. The molecule has 0 aromatic carbocycles. The quantitative estimate of drug-likeness (QED) is 0.892. The number of pyridine rings is 1. The molecule has 2 atom stereocenters. The standard InChI is InChI=1S/C12H11N3O4/c16-12(17)9-4-3-8(18-9)11-14-10(15-19-11)7-2-1-5-13-6-7/h1-2,5-6,8-9H,3-4H2,(H,16,17). The summed E-state index contributed by atoms with van der Waals surface area (Å²) in [5, 5.41) is 12.7. The normalized spacial score (nSPS) is 22.5. The lowest BCUT2D eigenvalue weighted by atomic mass is 10.2. The van der Waals surface area contributed by atoms with Gasteiger partial charge in [0.2, 0.25) is 5.82 Å². The van der Waals surface area contributed by atoms with Crippen molar-refractivity contribution in [2.45, 2.75) is 25.0 Å². The minimum Gasteiger partial charge on any atom is -0.479 e. The number of carboxylic acid groups (broad SMARTS) is 1. The van der Waals surface area contributed by atoms with E-state index in [0.717, 1.165) is 5.56 Å². The number of aliphatic carboxylic acids is 1. The number of ether oxygens (including phenoxy) is 1. The molecule has 1 aliphatic rings. The lowest BCUT2D eigenvalue weighted by molar-refractivity contribution is -0.150. The van der Waals surface area contributed by atoms with Gasteiger partial charge in [-0.15, -0.1) is 0 Å². The Morgan fingerprint density at radius 2 is 2.32 bits per heavy atom. The molecule has 7 nitrogen and oxygen atoms in total. The SMILES string of the molecule is O=C(O)C1CCC(c2nc(-c3cccnc3)no2)O1. The Labute approximate surface area is 108 Å². The lowest BCUT2D eigenvalue weighted by Gasteiger charge is -2.05. The van der Waals surface area contributed by atoms with Crippen LogP contribution in [0.25, 0.3) is 11.4 Å². The summed E-state index contributed by atoms with van der Waals surface area (Å²) >= 11 is 0. The largest absolute Gasteiger partial charge is 0.479 e. The first kappa shape index (κ1) is 11.8. The summed E-state index contributed by atoms with van der Waals surface area (Å²) in [6.07, 6.45) is 3.06. The second-order valence-electron chi connectivity index (χ2n) is 4.23. The second kappa shape index (κ2) is 4.77. The predicted octanol–water partition coefficient (Wildman–Crippen LogP) is 1.44. The maximum absolute atomic E-state index is 10.8. The monoisotopic (exact) mass is 261 g/mol. The third-order valence-corrected chi connectivity index (χ3v) is 2.93. The maximum Gasteiger partial charge on any atom is 0.332 e. The van der Waals surface area contributed by atoms with Crippen LogP contribution >= 0.6 is 0 Å². The number of rotatable bonds is 3. The van der Waals surface area contributed by atoms with Gasteiger partial charge in [0, 0.05) is 18.0 Å². The molecule has 7 heteroatoms. The summed E-state index contributed by atoms with van der Waals surface area (Å²) < 4.78 is 10.5. The molecule has 0 saturated carbocycles. The summed E-state index contributed by atoms with van der Waals surface area (Å²) in [4.78, 5) is 19.0. The van der Waals surface area contributed by atoms with Crippen LogP contribution < -0.4 is 0 Å². The lowest BCUT2D eigenvalue weighted by Crippen LogP contribution is -2.18. The number of nitrogens with zero attached hydrogens (tertiary/aromatic N) is 3. The van der Waals surface area contributed by atoms with E-state index in [0.29, 0.717) is 24.6 Å². The number of hydrogen-bond acceptors (Lipinski definition) is 6. The summed E-state index contributed by atoms with van der Waals surface area (Å²) in [5.41, 5.74) is 0.741. The molecule has 2 aromatic rings. The molecular weight excluding hydrogens is 250 g/mol. The van der Waals surface area contributed by atoms with Crippen molar-refractivity contribution in [2.75, 3.05) is 0 Å². The van der Waals surface area contributed by atoms with Crippen LogP contribution in [0, 0.1) is 0 Å². The smallest absolute Gasteiger partial charge is 0.332 e. The molecule has 1 N–H and O–H groups in total. The zero-order valence-electron chi connectivity index (χ0n) is 9.89. The number of carboxylic acids is 1. The summed E-state index contributed by atoms with van der Waals surface area (Å²) in [5.74, 6) is -0.234. The Hall–Kier alpha value is -2.28. The first-order valence-electron chi connectivity index (χ1n) is 5.86. The van der Waals surface area contributed by atoms with Crippen molar-refractivity contribution >= 4 is 5.97 Å². The highest BCUT2D eigenvalue weighted by Crippen LogP contribution is 2.32. The van der Waals surface area contributed by atoms with Crippen molar-refractivity contribution in [3.8, 4) is 11.4 Å². The molecule has 2 aromatic heterocycles. The first-order valence-corrected chi connectivity index (χ1v) is 5.86. The highest BCUT2D eigenvalue weighted by molar-refractivity contribution is 5.72. The Morgan fingerprint density at radius 3 is 3.00 bits per heavy atom. The van der Waals surface area contributed by atoms with Crippen LogP contribution in [0.3, 0.4) is 0 Å². The molecule has 3 rings (SSSR count). The van der Waals surface area contributed by atoms with Crippen LogP contribution in [0.2, 0.25) is 0 Å². The van der Waals surface area contributed by atoms with Crippen molar-refractivity contribution in [3.63, 3.8) is 0 Å². The van der Waals surface area contributed by atoms with E-state index in [-0.39, 0.29) is 0 Å². The average Bonchev–Trinajstić information content (AvgIpc) is 3.09.